The molecule has 1 unspecified atom stereocenters. The van der Waals surface area contributed by atoms with Gasteiger partial charge >= 0.3 is 0 Å². The van der Waals surface area contributed by atoms with Crippen LogP contribution >= 0.6 is 0 Å². The van der Waals surface area contributed by atoms with E-state index in [9.17, 15) is 4.79 Å². The van der Waals surface area contributed by atoms with Gasteiger partial charge in [-0.2, -0.15) is 0 Å². The van der Waals surface area contributed by atoms with Crippen molar-refractivity contribution in [2.75, 3.05) is 19.6 Å². The number of carbonyl (C=O) groups is 1. The Bertz CT molecular complexity index is 205. The fourth-order valence-electron chi connectivity index (χ4n) is 2.24. The third-order valence-electron chi connectivity index (χ3n) is 3.26. The predicted octanol–water partition coefficient (Wildman–Crippen LogP) is 1.30. The maximum atomic E-state index is 11.6. The van der Waals surface area contributed by atoms with Crippen molar-refractivity contribution >= 4 is 5.91 Å². The van der Waals surface area contributed by atoms with Crippen LogP contribution in [-0.2, 0) is 4.79 Å². The number of likely N-dealkylation sites (N-methyl/N-ethyl adjacent to an activating group) is 2. The number of nitrogens with zero attached hydrogens (tertiary/aromatic N) is 2. The highest BCUT2D eigenvalue weighted by molar-refractivity contribution is 5.81. The molecule has 1 amide bonds. The first-order valence-corrected chi connectivity index (χ1v) is 5.15. The van der Waals surface area contributed by atoms with Crippen molar-refractivity contribution in [3.8, 4) is 0 Å². The molecule has 3 heteroatoms. The van der Waals surface area contributed by atoms with E-state index in [2.05, 4.69) is 25.7 Å². The highest BCUT2D eigenvalue weighted by Gasteiger charge is 2.44. The lowest BCUT2D eigenvalue weighted by atomic mass is 10.1. The topological polar surface area (TPSA) is 23.6 Å². The summed E-state index contributed by atoms with van der Waals surface area (Å²) < 4.78 is 0. The largest absolute Gasteiger partial charge is 0.324 e. The van der Waals surface area contributed by atoms with Gasteiger partial charge in [0.25, 0.3) is 0 Å². The van der Waals surface area contributed by atoms with Crippen molar-refractivity contribution in [2.24, 2.45) is 0 Å². The van der Waals surface area contributed by atoms with Gasteiger partial charge in [0.2, 0.25) is 5.91 Å². The lowest BCUT2D eigenvalue weighted by molar-refractivity contribution is -0.130. The molecule has 0 aliphatic carbocycles. The Kier molecular flexibility index (Phi) is 2.96. The molecule has 1 saturated heterocycles. The summed E-state index contributed by atoms with van der Waals surface area (Å²) in [5.74, 6) is 0.272. The first-order valence-electron chi connectivity index (χ1n) is 5.15. The first-order chi connectivity index (χ1) is 6.10. The molecule has 1 rings (SSSR count). The summed E-state index contributed by atoms with van der Waals surface area (Å²) in [4.78, 5) is 15.9. The van der Waals surface area contributed by atoms with Crippen molar-refractivity contribution in [2.45, 2.75) is 39.8 Å². The molecule has 0 bridgehead atoms. The molecule has 1 heterocycles. The van der Waals surface area contributed by atoms with Crippen LogP contribution in [0.1, 0.15) is 34.1 Å². The quantitative estimate of drug-likeness (QED) is 0.660. The molecule has 0 spiro atoms. The molecule has 0 aromatic carbocycles. The second kappa shape index (κ2) is 3.66. The Hall–Kier alpha value is -0.570. The SMILES string of the molecule is CCN1CC(=O)N(CC)C1(C)CC. The van der Waals surface area contributed by atoms with Crippen molar-refractivity contribution < 1.29 is 4.79 Å². The van der Waals surface area contributed by atoms with Crippen LogP contribution < -0.4 is 0 Å². The van der Waals surface area contributed by atoms with Crippen LogP contribution in [0.25, 0.3) is 0 Å². The smallest absolute Gasteiger partial charge is 0.238 e. The van der Waals surface area contributed by atoms with E-state index in [-0.39, 0.29) is 11.6 Å². The van der Waals surface area contributed by atoms with Crippen LogP contribution in [0.3, 0.4) is 0 Å². The molecule has 13 heavy (non-hydrogen) atoms. The van der Waals surface area contributed by atoms with Crippen molar-refractivity contribution in [3.05, 3.63) is 0 Å². The van der Waals surface area contributed by atoms with Crippen LogP contribution in [0.2, 0.25) is 0 Å². The zero-order chi connectivity index (χ0) is 10.1. The molecule has 3 nitrogen and oxygen atoms in total. The highest BCUT2D eigenvalue weighted by atomic mass is 16.2. The van der Waals surface area contributed by atoms with Gasteiger partial charge in [0, 0.05) is 6.54 Å². The van der Waals surface area contributed by atoms with E-state index in [1.807, 2.05) is 11.8 Å². The minimum absolute atomic E-state index is 0.0411. The van der Waals surface area contributed by atoms with Crippen molar-refractivity contribution in [1.82, 2.24) is 9.80 Å². The van der Waals surface area contributed by atoms with Gasteiger partial charge < -0.3 is 4.90 Å². The molecule has 0 N–H and O–H groups in total. The van der Waals surface area contributed by atoms with Crippen LogP contribution in [-0.4, -0.2) is 41.0 Å². The third-order valence-corrected chi connectivity index (χ3v) is 3.26. The molecule has 1 atom stereocenters. The van der Waals surface area contributed by atoms with Gasteiger partial charge in [-0.3, -0.25) is 9.69 Å². The maximum Gasteiger partial charge on any atom is 0.238 e. The summed E-state index contributed by atoms with van der Waals surface area (Å²) in [6.45, 7) is 10.8. The number of hydrogen-bond acceptors (Lipinski definition) is 2. The van der Waals surface area contributed by atoms with Gasteiger partial charge in [0.1, 0.15) is 0 Å². The Morgan fingerprint density at radius 1 is 1.31 bits per heavy atom. The maximum absolute atomic E-state index is 11.6. The van der Waals surface area contributed by atoms with Gasteiger partial charge in [-0.15, -0.1) is 0 Å². The summed E-state index contributed by atoms with van der Waals surface area (Å²) in [5.41, 5.74) is -0.0411. The zero-order valence-corrected chi connectivity index (χ0v) is 9.13. The Labute approximate surface area is 80.7 Å². The summed E-state index contributed by atoms with van der Waals surface area (Å²) in [6.07, 6.45) is 1.00. The van der Waals surface area contributed by atoms with E-state index in [0.717, 1.165) is 19.5 Å². The second-order valence-electron chi connectivity index (χ2n) is 3.72. The van der Waals surface area contributed by atoms with E-state index in [0.29, 0.717) is 6.54 Å². The monoisotopic (exact) mass is 184 g/mol. The van der Waals surface area contributed by atoms with E-state index < -0.39 is 0 Å². The first kappa shape index (κ1) is 10.5. The third kappa shape index (κ3) is 1.46. The molecule has 0 aromatic heterocycles. The number of hydrogen-bond donors (Lipinski definition) is 0. The average Bonchev–Trinajstić information content (AvgIpc) is 2.38. The molecule has 1 aliphatic rings. The highest BCUT2D eigenvalue weighted by Crippen LogP contribution is 2.29. The van der Waals surface area contributed by atoms with Crippen molar-refractivity contribution in [1.29, 1.82) is 0 Å². The van der Waals surface area contributed by atoms with Crippen molar-refractivity contribution in [3.63, 3.8) is 0 Å². The molecule has 0 radical (unpaired) electrons. The summed E-state index contributed by atoms with van der Waals surface area (Å²) >= 11 is 0. The van der Waals surface area contributed by atoms with Gasteiger partial charge in [-0.05, 0) is 26.8 Å². The van der Waals surface area contributed by atoms with Crippen LogP contribution in [0.15, 0.2) is 0 Å². The van der Waals surface area contributed by atoms with E-state index in [4.69, 9.17) is 0 Å². The number of rotatable bonds is 3. The summed E-state index contributed by atoms with van der Waals surface area (Å²) in [6, 6.07) is 0. The Morgan fingerprint density at radius 3 is 2.31 bits per heavy atom. The zero-order valence-electron chi connectivity index (χ0n) is 9.13. The fourth-order valence-corrected chi connectivity index (χ4v) is 2.24. The lowest BCUT2D eigenvalue weighted by Crippen LogP contribution is -2.50. The van der Waals surface area contributed by atoms with E-state index in [1.54, 1.807) is 0 Å². The Morgan fingerprint density at radius 2 is 1.92 bits per heavy atom. The summed E-state index contributed by atoms with van der Waals surface area (Å²) in [7, 11) is 0. The number of amides is 1. The molecular weight excluding hydrogens is 164 g/mol. The molecule has 76 valence electrons. The van der Waals surface area contributed by atoms with E-state index in [1.165, 1.54) is 0 Å². The van der Waals surface area contributed by atoms with Gasteiger partial charge in [0.05, 0.1) is 12.2 Å². The average molecular weight is 184 g/mol. The molecule has 0 saturated carbocycles. The van der Waals surface area contributed by atoms with Crippen LogP contribution in [0, 0.1) is 0 Å². The summed E-state index contributed by atoms with van der Waals surface area (Å²) in [5, 5.41) is 0. The predicted molar refractivity (Wildman–Crippen MR) is 53.3 cm³/mol. The standard InChI is InChI=1S/C10H20N2O/c1-5-10(4)11(6-2)8-9(13)12(10)7-3/h5-8H2,1-4H3. The van der Waals surface area contributed by atoms with Gasteiger partial charge in [0.15, 0.2) is 0 Å². The Balaban J connectivity index is 2.90. The molecule has 1 aliphatic heterocycles. The van der Waals surface area contributed by atoms with Crippen LogP contribution in [0.5, 0.6) is 0 Å². The minimum Gasteiger partial charge on any atom is -0.324 e. The molecular formula is C10H20N2O. The normalized spacial score (nSPS) is 30.2. The second-order valence-corrected chi connectivity index (χ2v) is 3.72. The van der Waals surface area contributed by atoms with Gasteiger partial charge in [-0.1, -0.05) is 13.8 Å². The number of carbonyl (C=O) groups excluding carboxylic acids is 1. The lowest BCUT2D eigenvalue weighted by Gasteiger charge is -2.39. The van der Waals surface area contributed by atoms with Crippen LogP contribution in [0.4, 0.5) is 0 Å². The molecule has 0 aromatic rings. The van der Waals surface area contributed by atoms with E-state index >= 15 is 0 Å². The fraction of sp³-hybridized carbons (Fsp3) is 0.900. The minimum atomic E-state index is -0.0411. The van der Waals surface area contributed by atoms with Gasteiger partial charge in [-0.25, -0.2) is 0 Å². The molecule has 1 fully saturated rings.